The summed E-state index contributed by atoms with van der Waals surface area (Å²) < 4.78 is 15.1. The van der Waals surface area contributed by atoms with Crippen LogP contribution in [0.5, 0.6) is 0 Å². The van der Waals surface area contributed by atoms with E-state index in [0.29, 0.717) is 17.0 Å². The largest absolute Gasteiger partial charge is 0.341 e. The van der Waals surface area contributed by atoms with Crippen LogP contribution in [0.4, 0.5) is 4.39 Å². The number of halogens is 1. The Morgan fingerprint density at radius 3 is 2.50 bits per heavy atom. The van der Waals surface area contributed by atoms with Crippen molar-refractivity contribution >= 4 is 5.91 Å². The standard InChI is InChI=1S/C24H23FN4O/c1-3-24(13-5-4-6-14-24)27-23(30)22-20(17-11-15-26-16-12-17)21(28-29(22)2)18-7-9-19(25)10-8-18/h4-13,15-16H,3,14H2,1-2H3,(H,27,30). The topological polar surface area (TPSA) is 59.8 Å². The van der Waals surface area contributed by atoms with Gasteiger partial charge < -0.3 is 5.32 Å². The summed E-state index contributed by atoms with van der Waals surface area (Å²) in [5.41, 5.74) is 2.91. The van der Waals surface area contributed by atoms with E-state index in [4.69, 9.17) is 0 Å². The van der Waals surface area contributed by atoms with Gasteiger partial charge in [0.2, 0.25) is 0 Å². The number of hydrogen-bond acceptors (Lipinski definition) is 3. The molecule has 2 heterocycles. The Bertz CT molecular complexity index is 1120. The normalized spacial score (nSPS) is 17.8. The van der Waals surface area contributed by atoms with E-state index in [-0.39, 0.29) is 11.7 Å². The Balaban J connectivity index is 1.83. The van der Waals surface area contributed by atoms with E-state index < -0.39 is 5.54 Å². The molecule has 152 valence electrons. The summed E-state index contributed by atoms with van der Waals surface area (Å²) in [7, 11) is 1.75. The molecule has 0 aliphatic heterocycles. The van der Waals surface area contributed by atoms with Crippen molar-refractivity contribution in [1.82, 2.24) is 20.1 Å². The third-order valence-electron chi connectivity index (χ3n) is 5.49. The maximum Gasteiger partial charge on any atom is 0.270 e. The zero-order valence-electron chi connectivity index (χ0n) is 17.0. The lowest BCUT2D eigenvalue weighted by atomic mass is 9.88. The van der Waals surface area contributed by atoms with Gasteiger partial charge in [0.1, 0.15) is 17.2 Å². The molecule has 0 saturated heterocycles. The van der Waals surface area contributed by atoms with Crippen LogP contribution in [0.3, 0.4) is 0 Å². The van der Waals surface area contributed by atoms with Crippen LogP contribution in [-0.2, 0) is 7.05 Å². The molecular weight excluding hydrogens is 379 g/mol. The summed E-state index contributed by atoms with van der Waals surface area (Å²) in [5.74, 6) is -0.521. The molecule has 5 nitrogen and oxygen atoms in total. The smallest absolute Gasteiger partial charge is 0.270 e. The third kappa shape index (κ3) is 3.68. The number of rotatable bonds is 5. The molecule has 0 radical (unpaired) electrons. The predicted molar refractivity (Wildman–Crippen MR) is 115 cm³/mol. The number of carbonyl (C=O) groups excluding carboxylic acids is 1. The fourth-order valence-corrected chi connectivity index (χ4v) is 3.78. The molecule has 0 saturated carbocycles. The molecule has 1 aromatic carbocycles. The molecule has 6 heteroatoms. The third-order valence-corrected chi connectivity index (χ3v) is 5.49. The van der Waals surface area contributed by atoms with E-state index in [1.807, 2.05) is 30.4 Å². The summed E-state index contributed by atoms with van der Waals surface area (Å²) >= 11 is 0. The number of benzene rings is 1. The summed E-state index contributed by atoms with van der Waals surface area (Å²) in [6.45, 7) is 2.06. The van der Waals surface area contributed by atoms with Gasteiger partial charge in [0.15, 0.2) is 0 Å². The van der Waals surface area contributed by atoms with E-state index >= 15 is 0 Å². The van der Waals surface area contributed by atoms with Crippen molar-refractivity contribution in [2.45, 2.75) is 25.3 Å². The molecule has 1 unspecified atom stereocenters. The molecule has 0 bridgehead atoms. The van der Waals surface area contributed by atoms with Crippen LogP contribution in [0.1, 0.15) is 30.3 Å². The van der Waals surface area contributed by atoms with Crippen molar-refractivity contribution in [3.63, 3.8) is 0 Å². The number of aryl methyl sites for hydroxylation is 1. The molecule has 0 fully saturated rings. The van der Waals surface area contributed by atoms with Crippen LogP contribution in [0.25, 0.3) is 22.4 Å². The van der Waals surface area contributed by atoms with Gasteiger partial charge in [-0.25, -0.2) is 4.39 Å². The van der Waals surface area contributed by atoms with Crippen molar-refractivity contribution in [2.75, 3.05) is 0 Å². The number of pyridine rings is 1. The van der Waals surface area contributed by atoms with E-state index in [0.717, 1.165) is 24.0 Å². The van der Waals surface area contributed by atoms with Crippen molar-refractivity contribution in [2.24, 2.45) is 7.05 Å². The molecule has 0 spiro atoms. The first kappa shape index (κ1) is 19.8. The highest BCUT2D eigenvalue weighted by molar-refractivity contribution is 6.03. The highest BCUT2D eigenvalue weighted by Crippen LogP contribution is 2.35. The number of carbonyl (C=O) groups is 1. The van der Waals surface area contributed by atoms with Crippen LogP contribution in [0.15, 0.2) is 73.1 Å². The molecule has 1 atom stereocenters. The van der Waals surface area contributed by atoms with Gasteiger partial charge in [0.05, 0.1) is 5.54 Å². The first-order chi connectivity index (χ1) is 14.5. The van der Waals surface area contributed by atoms with Gasteiger partial charge in [0, 0.05) is 30.6 Å². The number of hydrogen-bond donors (Lipinski definition) is 1. The van der Waals surface area contributed by atoms with Crippen molar-refractivity contribution in [3.8, 4) is 22.4 Å². The number of allylic oxidation sites excluding steroid dienone is 2. The lowest BCUT2D eigenvalue weighted by Crippen LogP contribution is -2.47. The van der Waals surface area contributed by atoms with Crippen molar-refractivity contribution in [3.05, 3.63) is 84.6 Å². The Morgan fingerprint density at radius 2 is 1.87 bits per heavy atom. The highest BCUT2D eigenvalue weighted by Gasteiger charge is 2.31. The summed E-state index contributed by atoms with van der Waals surface area (Å²) in [6, 6.07) is 9.83. The van der Waals surface area contributed by atoms with Crippen LogP contribution in [-0.4, -0.2) is 26.2 Å². The number of nitrogens with zero attached hydrogens (tertiary/aromatic N) is 3. The molecule has 1 amide bonds. The highest BCUT2D eigenvalue weighted by atomic mass is 19.1. The first-order valence-corrected chi connectivity index (χ1v) is 9.93. The molecule has 4 rings (SSSR count). The molecule has 1 aliphatic rings. The maximum absolute atomic E-state index is 13.5. The zero-order valence-corrected chi connectivity index (χ0v) is 17.0. The lowest BCUT2D eigenvalue weighted by Gasteiger charge is -2.31. The molecule has 1 aliphatic carbocycles. The van der Waals surface area contributed by atoms with Gasteiger partial charge >= 0.3 is 0 Å². The zero-order chi connectivity index (χ0) is 21.1. The van der Waals surface area contributed by atoms with Gasteiger partial charge in [-0.3, -0.25) is 14.5 Å². The Hall–Kier alpha value is -3.54. The average Bonchev–Trinajstić information content (AvgIpc) is 3.12. The van der Waals surface area contributed by atoms with Gasteiger partial charge in [0.25, 0.3) is 5.91 Å². The second-order valence-electron chi connectivity index (χ2n) is 7.39. The Morgan fingerprint density at radius 1 is 1.13 bits per heavy atom. The average molecular weight is 402 g/mol. The number of aromatic nitrogens is 3. The van der Waals surface area contributed by atoms with Crippen LogP contribution >= 0.6 is 0 Å². The number of nitrogens with one attached hydrogen (secondary N) is 1. The van der Waals surface area contributed by atoms with Crippen molar-refractivity contribution < 1.29 is 9.18 Å². The Kier molecular flexibility index (Phi) is 5.31. The second-order valence-corrected chi connectivity index (χ2v) is 7.39. The molecule has 1 N–H and O–H groups in total. The second kappa shape index (κ2) is 8.06. The van der Waals surface area contributed by atoms with Crippen LogP contribution in [0.2, 0.25) is 0 Å². The van der Waals surface area contributed by atoms with E-state index in [1.165, 1.54) is 12.1 Å². The minimum atomic E-state index is -0.429. The molecule has 30 heavy (non-hydrogen) atoms. The fraction of sp³-hybridized carbons (Fsp3) is 0.208. The van der Waals surface area contributed by atoms with E-state index in [2.05, 4.69) is 28.4 Å². The fourth-order valence-electron chi connectivity index (χ4n) is 3.78. The quantitative estimate of drug-likeness (QED) is 0.674. The van der Waals surface area contributed by atoms with Gasteiger partial charge in [-0.05, 0) is 54.8 Å². The van der Waals surface area contributed by atoms with Crippen LogP contribution in [0, 0.1) is 5.82 Å². The first-order valence-electron chi connectivity index (χ1n) is 9.93. The molecule has 3 aromatic rings. The monoisotopic (exact) mass is 402 g/mol. The summed E-state index contributed by atoms with van der Waals surface area (Å²) in [4.78, 5) is 17.6. The summed E-state index contributed by atoms with van der Waals surface area (Å²) in [5, 5.41) is 7.84. The minimum Gasteiger partial charge on any atom is -0.341 e. The lowest BCUT2D eigenvalue weighted by molar-refractivity contribution is 0.0906. The molecular formula is C24H23FN4O. The van der Waals surface area contributed by atoms with Crippen LogP contribution < -0.4 is 5.32 Å². The number of amides is 1. The van der Waals surface area contributed by atoms with Gasteiger partial charge in [-0.2, -0.15) is 5.10 Å². The summed E-state index contributed by atoms with van der Waals surface area (Å²) in [6.07, 6.45) is 12.9. The van der Waals surface area contributed by atoms with Gasteiger partial charge in [-0.1, -0.05) is 31.2 Å². The van der Waals surface area contributed by atoms with E-state index in [1.54, 1.807) is 36.3 Å². The van der Waals surface area contributed by atoms with E-state index in [9.17, 15) is 9.18 Å². The maximum atomic E-state index is 13.5. The van der Waals surface area contributed by atoms with Gasteiger partial charge in [-0.15, -0.1) is 0 Å². The predicted octanol–water partition coefficient (Wildman–Crippen LogP) is 4.68. The Labute approximate surface area is 175 Å². The molecule has 2 aromatic heterocycles. The minimum absolute atomic E-state index is 0.202. The SMILES string of the molecule is CCC1(NC(=O)c2c(-c3ccncc3)c(-c3ccc(F)cc3)nn2C)C=CC=CC1. The van der Waals surface area contributed by atoms with Crippen molar-refractivity contribution in [1.29, 1.82) is 0 Å².